The molecular formula is C19H22FNO6. The van der Waals surface area contributed by atoms with Crippen molar-refractivity contribution in [2.75, 3.05) is 26.1 Å². The van der Waals surface area contributed by atoms with Crippen LogP contribution in [0.4, 0.5) is 14.9 Å². The summed E-state index contributed by atoms with van der Waals surface area (Å²) in [7, 11) is 2.93. The second-order valence-corrected chi connectivity index (χ2v) is 5.68. The predicted molar refractivity (Wildman–Crippen MR) is 96.4 cm³/mol. The number of phenolic OH excluding ortho intramolecular Hbond substituents is 1. The van der Waals surface area contributed by atoms with Gasteiger partial charge in [-0.05, 0) is 42.0 Å². The van der Waals surface area contributed by atoms with Crippen molar-refractivity contribution < 1.29 is 33.6 Å². The largest absolute Gasteiger partial charge is 0.505 e. The molecule has 0 unspecified atom stereocenters. The Labute approximate surface area is 156 Å². The Kier molecular flexibility index (Phi) is 7.39. The van der Waals surface area contributed by atoms with Gasteiger partial charge in [-0.2, -0.15) is 0 Å². The fourth-order valence-corrected chi connectivity index (χ4v) is 2.52. The average Bonchev–Trinajstić information content (AvgIpc) is 2.67. The summed E-state index contributed by atoms with van der Waals surface area (Å²) in [6, 6.07) is 10.3. The van der Waals surface area contributed by atoms with E-state index in [0.717, 1.165) is 12.1 Å². The lowest BCUT2D eigenvalue weighted by molar-refractivity contribution is -0.0307. The molecule has 2 aromatic rings. The van der Waals surface area contributed by atoms with Gasteiger partial charge in [0, 0.05) is 25.8 Å². The van der Waals surface area contributed by atoms with E-state index in [9.17, 15) is 19.4 Å². The molecule has 7 nitrogen and oxygen atoms in total. The molecule has 0 spiro atoms. The lowest BCUT2D eigenvalue weighted by Crippen LogP contribution is -2.29. The SMILES string of the molecule is COc1ccc(NC(=O)O[C@@H](c2ccc(O)c(F)c2)[C@H](CCO)OC)cc1. The van der Waals surface area contributed by atoms with Crippen molar-refractivity contribution in [2.24, 2.45) is 0 Å². The number of carbonyl (C=O) groups is 1. The number of nitrogens with one attached hydrogen (secondary N) is 1. The number of halogens is 1. The molecule has 0 aliphatic carbocycles. The quantitative estimate of drug-likeness (QED) is 0.652. The van der Waals surface area contributed by atoms with Crippen LogP contribution in [0, 0.1) is 5.82 Å². The molecule has 1 amide bonds. The van der Waals surface area contributed by atoms with Crippen molar-refractivity contribution in [3.05, 3.63) is 53.8 Å². The molecule has 3 N–H and O–H groups in total. The Balaban J connectivity index is 2.18. The van der Waals surface area contributed by atoms with Crippen molar-refractivity contribution in [3.8, 4) is 11.5 Å². The molecule has 0 radical (unpaired) electrons. The molecule has 27 heavy (non-hydrogen) atoms. The number of hydrogen-bond donors (Lipinski definition) is 3. The van der Waals surface area contributed by atoms with Crippen molar-refractivity contribution in [1.29, 1.82) is 0 Å². The number of carbonyl (C=O) groups excluding carboxylic acids is 1. The van der Waals surface area contributed by atoms with E-state index in [1.807, 2.05) is 0 Å². The minimum Gasteiger partial charge on any atom is -0.505 e. The first-order valence-electron chi connectivity index (χ1n) is 8.22. The number of amides is 1. The highest BCUT2D eigenvalue weighted by Gasteiger charge is 2.28. The number of ether oxygens (including phenoxy) is 3. The lowest BCUT2D eigenvalue weighted by Gasteiger charge is -2.26. The summed E-state index contributed by atoms with van der Waals surface area (Å²) in [5.74, 6) is -0.736. The summed E-state index contributed by atoms with van der Waals surface area (Å²) in [5.41, 5.74) is 0.767. The standard InChI is InChI=1S/C19H22FNO6/c1-25-14-6-4-13(5-7-14)21-19(24)27-18(17(26-2)9-10-22)12-3-8-16(23)15(20)11-12/h3-8,11,17-18,22-23H,9-10H2,1-2H3,(H,21,24)/t17-,18-/m0/s1. The fraction of sp³-hybridized carbons (Fsp3) is 0.316. The number of methoxy groups -OCH3 is 2. The van der Waals surface area contributed by atoms with Crippen molar-refractivity contribution in [2.45, 2.75) is 18.6 Å². The number of hydrogen-bond acceptors (Lipinski definition) is 6. The summed E-state index contributed by atoms with van der Waals surface area (Å²) >= 11 is 0. The number of aliphatic hydroxyl groups excluding tert-OH is 1. The van der Waals surface area contributed by atoms with Crippen LogP contribution in [0.25, 0.3) is 0 Å². The van der Waals surface area contributed by atoms with E-state index in [1.54, 1.807) is 24.3 Å². The lowest BCUT2D eigenvalue weighted by atomic mass is 10.0. The monoisotopic (exact) mass is 379 g/mol. The first kappa shape index (κ1) is 20.5. The number of anilines is 1. The van der Waals surface area contributed by atoms with E-state index in [1.165, 1.54) is 20.3 Å². The zero-order valence-corrected chi connectivity index (χ0v) is 15.0. The van der Waals surface area contributed by atoms with Gasteiger partial charge in [-0.1, -0.05) is 6.07 Å². The van der Waals surface area contributed by atoms with Gasteiger partial charge in [0.05, 0.1) is 7.11 Å². The zero-order valence-electron chi connectivity index (χ0n) is 15.0. The molecule has 0 aliphatic rings. The van der Waals surface area contributed by atoms with Gasteiger partial charge in [0.2, 0.25) is 0 Å². The van der Waals surface area contributed by atoms with Gasteiger partial charge < -0.3 is 24.4 Å². The van der Waals surface area contributed by atoms with Crippen LogP contribution in [0.2, 0.25) is 0 Å². The van der Waals surface area contributed by atoms with Crippen LogP contribution in [-0.4, -0.2) is 43.2 Å². The van der Waals surface area contributed by atoms with Gasteiger partial charge in [-0.25, -0.2) is 9.18 Å². The van der Waals surface area contributed by atoms with Gasteiger partial charge in [0.15, 0.2) is 17.7 Å². The number of benzene rings is 2. The van der Waals surface area contributed by atoms with Crippen LogP contribution in [0.15, 0.2) is 42.5 Å². The topological polar surface area (TPSA) is 97.3 Å². The molecule has 2 aromatic carbocycles. The molecule has 0 fully saturated rings. The molecule has 2 atom stereocenters. The first-order valence-corrected chi connectivity index (χ1v) is 8.22. The fourth-order valence-electron chi connectivity index (χ4n) is 2.52. The van der Waals surface area contributed by atoms with E-state index in [-0.39, 0.29) is 18.6 Å². The number of aliphatic hydroxyl groups is 1. The molecule has 8 heteroatoms. The second-order valence-electron chi connectivity index (χ2n) is 5.68. The highest BCUT2D eigenvalue weighted by atomic mass is 19.1. The molecule has 0 saturated heterocycles. The van der Waals surface area contributed by atoms with Crippen LogP contribution < -0.4 is 10.1 Å². The molecule has 0 saturated carbocycles. The Morgan fingerprint density at radius 2 is 1.89 bits per heavy atom. The Bertz CT molecular complexity index is 752. The van der Waals surface area contributed by atoms with Crippen LogP contribution in [0.1, 0.15) is 18.1 Å². The van der Waals surface area contributed by atoms with Crippen LogP contribution in [0.3, 0.4) is 0 Å². The van der Waals surface area contributed by atoms with Gasteiger partial charge in [-0.15, -0.1) is 0 Å². The molecular weight excluding hydrogens is 357 g/mol. The highest BCUT2D eigenvalue weighted by Crippen LogP contribution is 2.29. The molecule has 0 aliphatic heterocycles. The number of phenols is 1. The van der Waals surface area contributed by atoms with Gasteiger partial charge in [0.25, 0.3) is 0 Å². The predicted octanol–water partition coefficient (Wildman–Crippen LogP) is 3.23. The number of rotatable bonds is 8. The summed E-state index contributed by atoms with van der Waals surface area (Å²) in [6.07, 6.45) is -2.31. The third-order valence-corrected chi connectivity index (χ3v) is 3.92. The molecule has 146 valence electrons. The highest BCUT2D eigenvalue weighted by molar-refractivity contribution is 5.84. The summed E-state index contributed by atoms with van der Waals surface area (Å²) in [5, 5.41) is 21.1. The van der Waals surface area contributed by atoms with E-state index in [0.29, 0.717) is 11.4 Å². The normalized spacial score (nSPS) is 12.9. The Morgan fingerprint density at radius 1 is 1.19 bits per heavy atom. The average molecular weight is 379 g/mol. The van der Waals surface area contributed by atoms with Crippen molar-refractivity contribution in [3.63, 3.8) is 0 Å². The van der Waals surface area contributed by atoms with Crippen molar-refractivity contribution in [1.82, 2.24) is 0 Å². The van der Waals surface area contributed by atoms with Crippen LogP contribution >= 0.6 is 0 Å². The van der Waals surface area contributed by atoms with E-state index in [2.05, 4.69) is 5.32 Å². The maximum absolute atomic E-state index is 13.7. The molecule has 0 bridgehead atoms. The maximum atomic E-state index is 13.7. The van der Waals surface area contributed by atoms with Crippen LogP contribution in [-0.2, 0) is 9.47 Å². The van der Waals surface area contributed by atoms with Gasteiger partial charge >= 0.3 is 6.09 Å². The van der Waals surface area contributed by atoms with E-state index in [4.69, 9.17) is 14.2 Å². The van der Waals surface area contributed by atoms with Crippen molar-refractivity contribution >= 4 is 11.8 Å². The Hall–Kier alpha value is -2.84. The second kappa shape index (κ2) is 9.75. The number of aromatic hydroxyl groups is 1. The molecule has 0 aromatic heterocycles. The molecule has 0 heterocycles. The van der Waals surface area contributed by atoms with Crippen LogP contribution in [0.5, 0.6) is 11.5 Å². The smallest absolute Gasteiger partial charge is 0.412 e. The van der Waals surface area contributed by atoms with Gasteiger partial charge in [0.1, 0.15) is 11.9 Å². The zero-order chi connectivity index (χ0) is 19.8. The first-order chi connectivity index (χ1) is 13.0. The summed E-state index contributed by atoms with van der Waals surface area (Å²) < 4.78 is 29.5. The van der Waals surface area contributed by atoms with E-state index < -0.39 is 29.9 Å². The maximum Gasteiger partial charge on any atom is 0.412 e. The van der Waals surface area contributed by atoms with E-state index >= 15 is 0 Å². The summed E-state index contributed by atoms with van der Waals surface area (Å²) in [4.78, 5) is 12.3. The third kappa shape index (κ3) is 5.57. The molecule has 2 rings (SSSR count). The third-order valence-electron chi connectivity index (χ3n) is 3.92. The van der Waals surface area contributed by atoms with Gasteiger partial charge in [-0.3, -0.25) is 5.32 Å². The minimum atomic E-state index is -0.990. The Morgan fingerprint density at radius 3 is 2.44 bits per heavy atom. The summed E-state index contributed by atoms with van der Waals surface area (Å²) in [6.45, 7) is -0.209. The minimum absolute atomic E-state index is 0.166.